The van der Waals surface area contributed by atoms with Gasteiger partial charge in [-0.1, -0.05) is 0 Å². The van der Waals surface area contributed by atoms with E-state index in [1.807, 2.05) is 19.9 Å². The Hall–Kier alpha value is -2.06. The van der Waals surface area contributed by atoms with E-state index in [-0.39, 0.29) is 37.8 Å². The molecule has 1 fully saturated rings. The number of alkyl halides is 3. The molecule has 1 aliphatic rings. The molecule has 0 unspecified atom stereocenters. The number of nitrogens with one attached hydrogen (secondary N) is 1. The number of aromatic nitrogens is 2. The number of hydrogen-bond donors (Lipinski definition) is 1. The molecule has 134 valence electrons. The van der Waals surface area contributed by atoms with Gasteiger partial charge in [0, 0.05) is 31.2 Å². The standard InChI is InChI=1S/C15H21F3N4O2/c1-10-9-11(2)22(20-10)8-5-19-13(23)12-3-6-21(7-4-12)14(24)15(16,17)18/h9,12H,3-8H2,1-2H3,(H,19,23). The van der Waals surface area contributed by atoms with Gasteiger partial charge in [0.25, 0.3) is 0 Å². The fraction of sp³-hybridized carbons (Fsp3) is 0.667. The van der Waals surface area contributed by atoms with E-state index in [9.17, 15) is 22.8 Å². The Balaban J connectivity index is 1.75. The molecule has 24 heavy (non-hydrogen) atoms. The maximum absolute atomic E-state index is 12.4. The van der Waals surface area contributed by atoms with Crippen LogP contribution in [0.25, 0.3) is 0 Å². The summed E-state index contributed by atoms with van der Waals surface area (Å²) in [5, 5.41) is 7.07. The van der Waals surface area contributed by atoms with Gasteiger partial charge in [0.2, 0.25) is 5.91 Å². The zero-order chi connectivity index (χ0) is 17.9. The molecule has 2 heterocycles. The van der Waals surface area contributed by atoms with E-state index in [4.69, 9.17) is 0 Å². The summed E-state index contributed by atoms with van der Waals surface area (Å²) >= 11 is 0. The molecule has 6 nitrogen and oxygen atoms in total. The Morgan fingerprint density at radius 3 is 2.42 bits per heavy atom. The van der Waals surface area contributed by atoms with Crippen molar-refractivity contribution in [1.29, 1.82) is 0 Å². The number of nitrogens with zero attached hydrogens (tertiary/aromatic N) is 3. The summed E-state index contributed by atoms with van der Waals surface area (Å²) in [5.74, 6) is -2.37. The van der Waals surface area contributed by atoms with Crippen LogP contribution >= 0.6 is 0 Å². The minimum Gasteiger partial charge on any atom is -0.354 e. The molecule has 2 rings (SSSR count). The van der Waals surface area contributed by atoms with Crippen molar-refractivity contribution in [2.24, 2.45) is 5.92 Å². The average Bonchev–Trinajstić information content (AvgIpc) is 2.83. The predicted molar refractivity (Wildman–Crippen MR) is 80.1 cm³/mol. The molecular formula is C15H21F3N4O2. The monoisotopic (exact) mass is 346 g/mol. The Morgan fingerprint density at radius 1 is 1.29 bits per heavy atom. The molecular weight excluding hydrogens is 325 g/mol. The summed E-state index contributed by atoms with van der Waals surface area (Å²) in [6.07, 6.45) is -4.37. The number of piperidine rings is 1. The second-order valence-electron chi connectivity index (χ2n) is 6.01. The number of carbonyl (C=O) groups excluding carboxylic acids is 2. The summed E-state index contributed by atoms with van der Waals surface area (Å²) in [5.41, 5.74) is 1.90. The molecule has 0 aliphatic carbocycles. The highest BCUT2D eigenvalue weighted by Gasteiger charge is 2.43. The molecule has 9 heteroatoms. The first kappa shape index (κ1) is 18.3. The number of halogens is 3. The van der Waals surface area contributed by atoms with E-state index in [1.165, 1.54) is 0 Å². The largest absolute Gasteiger partial charge is 0.471 e. The third kappa shape index (κ3) is 4.48. The lowest BCUT2D eigenvalue weighted by Crippen LogP contribution is -2.47. The summed E-state index contributed by atoms with van der Waals surface area (Å²) in [7, 11) is 0. The van der Waals surface area contributed by atoms with Crippen LogP contribution in [0.2, 0.25) is 0 Å². The smallest absolute Gasteiger partial charge is 0.354 e. The Bertz CT molecular complexity index is 604. The van der Waals surface area contributed by atoms with Crippen LogP contribution < -0.4 is 5.32 Å². The van der Waals surface area contributed by atoms with Crippen LogP contribution in [0.3, 0.4) is 0 Å². The van der Waals surface area contributed by atoms with Crippen LogP contribution in [-0.2, 0) is 16.1 Å². The molecule has 1 saturated heterocycles. The van der Waals surface area contributed by atoms with Gasteiger partial charge in [-0.15, -0.1) is 0 Å². The molecule has 0 spiro atoms. The number of amides is 2. The zero-order valence-electron chi connectivity index (χ0n) is 13.7. The molecule has 0 radical (unpaired) electrons. The molecule has 0 atom stereocenters. The number of hydrogen-bond acceptors (Lipinski definition) is 3. The van der Waals surface area contributed by atoms with E-state index in [0.29, 0.717) is 13.1 Å². The highest BCUT2D eigenvalue weighted by atomic mass is 19.4. The van der Waals surface area contributed by atoms with E-state index in [2.05, 4.69) is 10.4 Å². The number of rotatable bonds is 4. The lowest BCUT2D eigenvalue weighted by atomic mass is 9.96. The van der Waals surface area contributed by atoms with Crippen molar-refractivity contribution in [2.75, 3.05) is 19.6 Å². The van der Waals surface area contributed by atoms with Gasteiger partial charge in [-0.2, -0.15) is 18.3 Å². The van der Waals surface area contributed by atoms with Crippen molar-refractivity contribution in [1.82, 2.24) is 20.0 Å². The number of carbonyl (C=O) groups is 2. The van der Waals surface area contributed by atoms with Gasteiger partial charge in [-0.05, 0) is 32.8 Å². The van der Waals surface area contributed by atoms with Crippen LogP contribution in [0.4, 0.5) is 13.2 Å². The van der Waals surface area contributed by atoms with Crippen LogP contribution in [0, 0.1) is 19.8 Å². The lowest BCUT2D eigenvalue weighted by Gasteiger charge is -2.31. The Labute approximate surface area is 138 Å². The molecule has 2 amide bonds. The number of likely N-dealkylation sites (tertiary alicyclic amines) is 1. The number of aryl methyl sites for hydroxylation is 2. The minimum absolute atomic E-state index is 0.0477. The average molecular weight is 346 g/mol. The molecule has 1 aromatic rings. The van der Waals surface area contributed by atoms with E-state index >= 15 is 0 Å². The third-order valence-electron chi connectivity index (χ3n) is 4.12. The predicted octanol–water partition coefficient (Wildman–Crippen LogP) is 1.42. The fourth-order valence-electron chi connectivity index (χ4n) is 2.85. The SMILES string of the molecule is Cc1cc(C)n(CCNC(=O)C2CCN(C(=O)C(F)(F)F)CC2)n1. The molecule has 0 bridgehead atoms. The Kier molecular flexibility index (Phi) is 5.51. The van der Waals surface area contributed by atoms with Gasteiger partial charge < -0.3 is 10.2 Å². The zero-order valence-corrected chi connectivity index (χ0v) is 13.7. The molecule has 0 aromatic carbocycles. The van der Waals surface area contributed by atoms with Crippen molar-refractivity contribution in [3.05, 3.63) is 17.5 Å². The van der Waals surface area contributed by atoms with Crippen LogP contribution in [-0.4, -0.2) is 52.3 Å². The van der Waals surface area contributed by atoms with Gasteiger partial charge in [0.15, 0.2) is 0 Å². The Morgan fingerprint density at radius 2 is 1.92 bits per heavy atom. The summed E-state index contributed by atoms with van der Waals surface area (Å²) in [6, 6.07) is 1.94. The minimum atomic E-state index is -4.85. The highest BCUT2D eigenvalue weighted by Crippen LogP contribution is 2.23. The topological polar surface area (TPSA) is 67.2 Å². The van der Waals surface area contributed by atoms with E-state index in [1.54, 1.807) is 4.68 Å². The highest BCUT2D eigenvalue weighted by molar-refractivity contribution is 5.83. The van der Waals surface area contributed by atoms with Gasteiger partial charge in [-0.25, -0.2) is 0 Å². The van der Waals surface area contributed by atoms with Crippen LogP contribution in [0.15, 0.2) is 6.07 Å². The van der Waals surface area contributed by atoms with Gasteiger partial charge >= 0.3 is 12.1 Å². The van der Waals surface area contributed by atoms with Crippen molar-refractivity contribution >= 4 is 11.8 Å². The van der Waals surface area contributed by atoms with Crippen molar-refractivity contribution in [2.45, 2.75) is 39.4 Å². The molecule has 1 aliphatic heterocycles. The molecule has 1 aromatic heterocycles. The van der Waals surface area contributed by atoms with Crippen LogP contribution in [0.1, 0.15) is 24.2 Å². The second-order valence-corrected chi connectivity index (χ2v) is 6.01. The second kappa shape index (κ2) is 7.23. The summed E-state index contributed by atoms with van der Waals surface area (Å²) in [4.78, 5) is 24.0. The van der Waals surface area contributed by atoms with Crippen LogP contribution in [0.5, 0.6) is 0 Å². The first-order valence-corrected chi connectivity index (χ1v) is 7.83. The summed E-state index contributed by atoms with van der Waals surface area (Å²) in [6.45, 7) is 4.66. The quantitative estimate of drug-likeness (QED) is 0.897. The maximum atomic E-state index is 12.4. The molecule has 0 saturated carbocycles. The maximum Gasteiger partial charge on any atom is 0.471 e. The van der Waals surface area contributed by atoms with E-state index in [0.717, 1.165) is 16.3 Å². The normalized spacial score (nSPS) is 16.3. The summed E-state index contributed by atoms with van der Waals surface area (Å²) < 4.78 is 38.9. The van der Waals surface area contributed by atoms with Gasteiger partial charge in [0.1, 0.15) is 0 Å². The third-order valence-corrected chi connectivity index (χ3v) is 4.12. The first-order valence-electron chi connectivity index (χ1n) is 7.83. The fourth-order valence-corrected chi connectivity index (χ4v) is 2.85. The first-order chi connectivity index (χ1) is 11.2. The van der Waals surface area contributed by atoms with Crippen molar-refractivity contribution < 1.29 is 22.8 Å². The van der Waals surface area contributed by atoms with Crippen molar-refractivity contribution in [3.63, 3.8) is 0 Å². The molecule has 1 N–H and O–H groups in total. The van der Waals surface area contributed by atoms with Gasteiger partial charge in [0.05, 0.1) is 12.2 Å². The van der Waals surface area contributed by atoms with Gasteiger partial charge in [-0.3, -0.25) is 14.3 Å². The lowest BCUT2D eigenvalue weighted by molar-refractivity contribution is -0.186. The van der Waals surface area contributed by atoms with Crippen molar-refractivity contribution in [3.8, 4) is 0 Å². The van der Waals surface area contributed by atoms with E-state index < -0.39 is 12.1 Å².